The predicted molar refractivity (Wildman–Crippen MR) is 89.5 cm³/mol. The van der Waals surface area contributed by atoms with Crippen LogP contribution >= 0.6 is 11.8 Å². The average Bonchev–Trinajstić information content (AvgIpc) is 2.55. The number of thioether (sulfide) groups is 1. The van der Waals surface area contributed by atoms with E-state index in [-0.39, 0.29) is 6.04 Å². The summed E-state index contributed by atoms with van der Waals surface area (Å²) in [4.78, 5) is 2.49. The lowest BCUT2D eigenvalue weighted by atomic mass is 10.0. The Bertz CT molecular complexity index is 456. The van der Waals surface area contributed by atoms with E-state index in [1.54, 1.807) is 14.2 Å². The molecule has 2 unspecified atom stereocenters. The highest BCUT2D eigenvalue weighted by Crippen LogP contribution is 2.38. The third-order valence-electron chi connectivity index (χ3n) is 4.08. The number of para-hydroxylation sites is 1. The molecule has 2 atom stereocenters. The van der Waals surface area contributed by atoms with E-state index in [1.807, 2.05) is 12.1 Å². The van der Waals surface area contributed by atoms with Gasteiger partial charge in [-0.15, -0.1) is 0 Å². The molecular formula is C16H26N2O2S. The average molecular weight is 310 g/mol. The zero-order valence-electron chi connectivity index (χ0n) is 13.2. The van der Waals surface area contributed by atoms with Crippen molar-refractivity contribution in [2.75, 3.05) is 39.6 Å². The molecule has 0 radical (unpaired) electrons. The van der Waals surface area contributed by atoms with Gasteiger partial charge in [-0.3, -0.25) is 4.90 Å². The summed E-state index contributed by atoms with van der Waals surface area (Å²) in [6, 6.07) is 6.22. The van der Waals surface area contributed by atoms with Crippen molar-refractivity contribution in [3.8, 4) is 11.5 Å². The summed E-state index contributed by atoms with van der Waals surface area (Å²) in [5, 5.41) is 0.699. The molecule has 0 saturated carbocycles. The lowest BCUT2D eigenvalue weighted by Gasteiger charge is -2.38. The van der Waals surface area contributed by atoms with E-state index < -0.39 is 0 Å². The molecule has 1 fully saturated rings. The van der Waals surface area contributed by atoms with Crippen molar-refractivity contribution in [2.45, 2.75) is 24.6 Å². The first-order valence-corrected chi connectivity index (χ1v) is 8.56. The molecule has 21 heavy (non-hydrogen) atoms. The Morgan fingerprint density at radius 3 is 2.81 bits per heavy atom. The van der Waals surface area contributed by atoms with E-state index in [9.17, 15) is 0 Å². The van der Waals surface area contributed by atoms with Crippen LogP contribution in [0.1, 0.15) is 24.9 Å². The molecule has 1 heterocycles. The van der Waals surface area contributed by atoms with E-state index in [2.05, 4.69) is 29.7 Å². The molecular weight excluding hydrogens is 284 g/mol. The highest BCUT2D eigenvalue weighted by molar-refractivity contribution is 8.00. The molecule has 1 aliphatic heterocycles. The van der Waals surface area contributed by atoms with Crippen LogP contribution in [0.5, 0.6) is 11.5 Å². The molecule has 1 aromatic rings. The molecule has 1 aromatic carbocycles. The van der Waals surface area contributed by atoms with Crippen LogP contribution in [-0.4, -0.2) is 49.8 Å². The van der Waals surface area contributed by atoms with E-state index in [0.29, 0.717) is 11.8 Å². The molecule has 2 rings (SSSR count). The van der Waals surface area contributed by atoms with Gasteiger partial charge in [-0.1, -0.05) is 19.1 Å². The number of hydrogen-bond donors (Lipinski definition) is 1. The van der Waals surface area contributed by atoms with Crippen molar-refractivity contribution >= 4 is 11.8 Å². The summed E-state index contributed by atoms with van der Waals surface area (Å²) in [6.45, 7) is 5.00. The molecule has 0 aromatic heterocycles. The fourth-order valence-corrected chi connectivity index (χ4v) is 4.13. The van der Waals surface area contributed by atoms with Crippen molar-refractivity contribution in [3.63, 3.8) is 0 Å². The minimum atomic E-state index is 0.185. The molecule has 1 saturated heterocycles. The molecule has 0 spiro atoms. The van der Waals surface area contributed by atoms with Gasteiger partial charge in [-0.05, 0) is 12.5 Å². The van der Waals surface area contributed by atoms with E-state index in [1.165, 1.54) is 12.2 Å². The Labute approximate surface area is 132 Å². The molecule has 118 valence electrons. The second kappa shape index (κ2) is 7.92. The van der Waals surface area contributed by atoms with Gasteiger partial charge in [-0.25, -0.2) is 0 Å². The van der Waals surface area contributed by atoms with Gasteiger partial charge in [0.05, 0.1) is 20.3 Å². The van der Waals surface area contributed by atoms with Crippen LogP contribution in [0.4, 0.5) is 0 Å². The van der Waals surface area contributed by atoms with Crippen molar-refractivity contribution in [1.29, 1.82) is 0 Å². The maximum Gasteiger partial charge on any atom is 0.165 e. The fraction of sp³-hybridized carbons (Fsp3) is 0.625. The summed E-state index contributed by atoms with van der Waals surface area (Å²) in [7, 11) is 3.36. The van der Waals surface area contributed by atoms with Gasteiger partial charge < -0.3 is 15.2 Å². The highest BCUT2D eigenvalue weighted by Gasteiger charge is 2.28. The third-order valence-corrected chi connectivity index (χ3v) is 5.45. The summed E-state index contributed by atoms with van der Waals surface area (Å²) in [6.07, 6.45) is 1.20. The van der Waals surface area contributed by atoms with Gasteiger partial charge in [-0.2, -0.15) is 11.8 Å². The first-order chi connectivity index (χ1) is 10.2. The summed E-state index contributed by atoms with van der Waals surface area (Å²) < 4.78 is 11.0. The van der Waals surface area contributed by atoms with Gasteiger partial charge in [0.1, 0.15) is 0 Å². The van der Waals surface area contributed by atoms with Gasteiger partial charge in [0.2, 0.25) is 0 Å². The smallest absolute Gasteiger partial charge is 0.165 e. The molecule has 0 bridgehead atoms. The van der Waals surface area contributed by atoms with Gasteiger partial charge in [0.25, 0.3) is 0 Å². The largest absolute Gasteiger partial charge is 0.493 e. The molecule has 2 N–H and O–H groups in total. The lowest BCUT2D eigenvalue weighted by molar-refractivity contribution is 0.202. The number of rotatable bonds is 6. The first kappa shape index (κ1) is 16.5. The Morgan fingerprint density at radius 1 is 1.38 bits per heavy atom. The number of benzene rings is 1. The molecule has 5 heteroatoms. The Morgan fingerprint density at radius 2 is 2.19 bits per heavy atom. The number of nitrogens with two attached hydrogens (primary N) is 1. The number of methoxy groups -OCH3 is 2. The SMILES string of the molecule is CCC1CN(C(CN)c2cccc(OC)c2OC)CCS1. The number of hydrogen-bond acceptors (Lipinski definition) is 5. The van der Waals surface area contributed by atoms with Crippen molar-refractivity contribution in [2.24, 2.45) is 5.73 Å². The molecule has 0 aliphatic carbocycles. The van der Waals surface area contributed by atoms with Gasteiger partial charge in [0, 0.05) is 36.2 Å². The predicted octanol–water partition coefficient (Wildman–Crippen LogP) is 2.53. The van der Waals surface area contributed by atoms with Crippen molar-refractivity contribution in [1.82, 2.24) is 4.90 Å². The van der Waals surface area contributed by atoms with Crippen LogP contribution in [0.15, 0.2) is 18.2 Å². The molecule has 0 amide bonds. The Hall–Kier alpha value is -0.910. The van der Waals surface area contributed by atoms with Crippen LogP contribution in [0.3, 0.4) is 0 Å². The van der Waals surface area contributed by atoms with Gasteiger partial charge >= 0.3 is 0 Å². The van der Waals surface area contributed by atoms with Gasteiger partial charge in [0.15, 0.2) is 11.5 Å². The quantitative estimate of drug-likeness (QED) is 0.875. The monoisotopic (exact) mass is 310 g/mol. The second-order valence-electron chi connectivity index (χ2n) is 5.23. The minimum Gasteiger partial charge on any atom is -0.493 e. The molecule has 1 aliphatic rings. The summed E-state index contributed by atoms with van der Waals surface area (Å²) in [5.41, 5.74) is 7.22. The first-order valence-electron chi connectivity index (χ1n) is 7.51. The van der Waals surface area contributed by atoms with Crippen LogP contribution in [0, 0.1) is 0 Å². The van der Waals surface area contributed by atoms with Crippen LogP contribution < -0.4 is 15.2 Å². The molecule has 4 nitrogen and oxygen atoms in total. The summed E-state index contributed by atoms with van der Waals surface area (Å²) >= 11 is 2.07. The Kier molecular flexibility index (Phi) is 6.21. The fourth-order valence-electron chi connectivity index (χ4n) is 2.92. The van der Waals surface area contributed by atoms with Crippen LogP contribution in [0.2, 0.25) is 0 Å². The normalized spacial score (nSPS) is 21.0. The van der Waals surface area contributed by atoms with Crippen molar-refractivity contribution < 1.29 is 9.47 Å². The van der Waals surface area contributed by atoms with Crippen LogP contribution in [0.25, 0.3) is 0 Å². The van der Waals surface area contributed by atoms with Crippen LogP contribution in [-0.2, 0) is 0 Å². The minimum absolute atomic E-state index is 0.185. The summed E-state index contributed by atoms with van der Waals surface area (Å²) in [5.74, 6) is 2.75. The lowest BCUT2D eigenvalue weighted by Crippen LogP contribution is -2.42. The Balaban J connectivity index is 2.28. The number of ether oxygens (including phenoxy) is 2. The maximum atomic E-state index is 6.09. The van der Waals surface area contributed by atoms with E-state index in [0.717, 1.165) is 30.2 Å². The van der Waals surface area contributed by atoms with E-state index >= 15 is 0 Å². The second-order valence-corrected chi connectivity index (χ2v) is 6.64. The zero-order valence-corrected chi connectivity index (χ0v) is 14.0. The topological polar surface area (TPSA) is 47.7 Å². The van der Waals surface area contributed by atoms with Crippen molar-refractivity contribution in [3.05, 3.63) is 23.8 Å². The number of nitrogens with zero attached hydrogens (tertiary/aromatic N) is 1. The van der Waals surface area contributed by atoms with E-state index in [4.69, 9.17) is 15.2 Å². The zero-order chi connectivity index (χ0) is 15.2. The third kappa shape index (κ3) is 3.65. The highest BCUT2D eigenvalue weighted by atomic mass is 32.2. The maximum absolute atomic E-state index is 6.09. The standard InChI is InChI=1S/C16H26N2O2S/c1-4-12-11-18(8-9-21-12)14(10-17)13-6-5-7-15(19-2)16(13)20-3/h5-7,12,14H,4,8-11,17H2,1-3H3.